The molecule has 4 nitrogen and oxygen atoms in total. The van der Waals surface area contributed by atoms with E-state index in [1.54, 1.807) is 6.92 Å². The molecule has 1 saturated heterocycles. The molecule has 4 heteroatoms. The fraction of sp³-hybridized carbons (Fsp3) is 0.909. The topological polar surface area (TPSA) is 49.6 Å². The summed E-state index contributed by atoms with van der Waals surface area (Å²) < 4.78 is 0. The van der Waals surface area contributed by atoms with Crippen molar-refractivity contribution < 1.29 is 4.79 Å². The second-order valence-electron chi connectivity index (χ2n) is 4.47. The number of rotatable bonds is 4. The first-order valence-electron chi connectivity index (χ1n) is 5.83. The van der Waals surface area contributed by atoms with E-state index < -0.39 is 0 Å². The maximum absolute atomic E-state index is 11.1. The largest absolute Gasteiger partial charge is 0.340 e. The number of carbonyl (C=O) groups is 1. The maximum atomic E-state index is 11.1. The number of nitrogens with two attached hydrogens (primary N) is 1. The van der Waals surface area contributed by atoms with Crippen molar-refractivity contribution in [2.75, 3.05) is 32.7 Å². The van der Waals surface area contributed by atoms with Crippen molar-refractivity contribution in [2.45, 2.75) is 32.7 Å². The number of piperazine rings is 1. The van der Waals surface area contributed by atoms with Gasteiger partial charge in [0.15, 0.2) is 0 Å². The molecule has 1 aliphatic rings. The molecule has 0 aromatic carbocycles. The number of carbonyl (C=O) groups excluding carboxylic acids is 1. The molecule has 0 saturated carbocycles. The third-order valence-electron chi connectivity index (χ3n) is 2.95. The normalized spacial score (nSPS) is 20.3. The van der Waals surface area contributed by atoms with Crippen LogP contribution in [0.15, 0.2) is 0 Å². The summed E-state index contributed by atoms with van der Waals surface area (Å²) in [4.78, 5) is 15.4. The lowest BCUT2D eigenvalue weighted by Gasteiger charge is -2.34. The van der Waals surface area contributed by atoms with Crippen molar-refractivity contribution in [3.8, 4) is 0 Å². The molecular formula is C11H23N3O. The third-order valence-corrected chi connectivity index (χ3v) is 2.95. The van der Waals surface area contributed by atoms with Gasteiger partial charge in [0.2, 0.25) is 5.91 Å². The van der Waals surface area contributed by atoms with E-state index in [1.165, 1.54) is 0 Å². The van der Waals surface area contributed by atoms with Crippen molar-refractivity contribution in [1.82, 2.24) is 9.80 Å². The average molecular weight is 213 g/mol. The molecule has 1 aliphatic heterocycles. The Labute approximate surface area is 92.4 Å². The van der Waals surface area contributed by atoms with Gasteiger partial charge in [-0.15, -0.1) is 0 Å². The van der Waals surface area contributed by atoms with Crippen molar-refractivity contribution in [3.05, 3.63) is 0 Å². The van der Waals surface area contributed by atoms with Crippen LogP contribution in [0.5, 0.6) is 0 Å². The summed E-state index contributed by atoms with van der Waals surface area (Å²) in [6.07, 6.45) is 2.25. The first-order valence-corrected chi connectivity index (χ1v) is 5.83. The Kier molecular flexibility index (Phi) is 5.05. The molecule has 0 spiro atoms. The SMILES string of the molecule is CC(=O)N1CCN(CCCC(C)N)CC1. The van der Waals surface area contributed by atoms with Crippen LogP contribution in [0.25, 0.3) is 0 Å². The Morgan fingerprint density at radius 3 is 2.40 bits per heavy atom. The molecule has 0 aliphatic carbocycles. The molecule has 88 valence electrons. The predicted octanol–water partition coefficient (Wildman–Crippen LogP) is 0.278. The summed E-state index contributed by atoms with van der Waals surface area (Å²) in [5.74, 6) is 0.199. The van der Waals surface area contributed by atoms with Gasteiger partial charge in [0.25, 0.3) is 0 Å². The minimum absolute atomic E-state index is 0.199. The molecule has 1 unspecified atom stereocenters. The summed E-state index contributed by atoms with van der Waals surface area (Å²) in [6, 6.07) is 0.309. The number of hydrogen-bond acceptors (Lipinski definition) is 3. The molecule has 1 amide bonds. The quantitative estimate of drug-likeness (QED) is 0.729. The molecule has 15 heavy (non-hydrogen) atoms. The predicted molar refractivity (Wildman–Crippen MR) is 61.6 cm³/mol. The van der Waals surface area contributed by atoms with Crippen molar-refractivity contribution in [1.29, 1.82) is 0 Å². The van der Waals surface area contributed by atoms with Gasteiger partial charge in [-0.25, -0.2) is 0 Å². The van der Waals surface area contributed by atoms with Gasteiger partial charge in [-0.05, 0) is 26.3 Å². The highest BCUT2D eigenvalue weighted by molar-refractivity contribution is 5.73. The van der Waals surface area contributed by atoms with E-state index in [4.69, 9.17) is 5.73 Å². The zero-order chi connectivity index (χ0) is 11.3. The van der Waals surface area contributed by atoms with Gasteiger partial charge >= 0.3 is 0 Å². The third kappa shape index (κ3) is 4.62. The molecule has 1 fully saturated rings. The van der Waals surface area contributed by atoms with E-state index >= 15 is 0 Å². The van der Waals surface area contributed by atoms with Crippen LogP contribution in [0.2, 0.25) is 0 Å². The summed E-state index contributed by atoms with van der Waals surface area (Å²) in [6.45, 7) is 8.60. The lowest BCUT2D eigenvalue weighted by Crippen LogP contribution is -2.48. The zero-order valence-corrected chi connectivity index (χ0v) is 9.91. The fourth-order valence-corrected chi connectivity index (χ4v) is 1.92. The molecule has 0 aromatic rings. The van der Waals surface area contributed by atoms with Gasteiger partial charge in [0, 0.05) is 39.1 Å². The van der Waals surface area contributed by atoms with Crippen LogP contribution >= 0.6 is 0 Å². The van der Waals surface area contributed by atoms with Crippen LogP contribution in [0.4, 0.5) is 0 Å². The Bertz CT molecular complexity index is 198. The highest BCUT2D eigenvalue weighted by Gasteiger charge is 2.17. The monoisotopic (exact) mass is 213 g/mol. The van der Waals surface area contributed by atoms with Crippen LogP contribution in [-0.4, -0.2) is 54.5 Å². The van der Waals surface area contributed by atoms with E-state index in [2.05, 4.69) is 4.90 Å². The van der Waals surface area contributed by atoms with E-state index in [1.807, 2.05) is 11.8 Å². The van der Waals surface area contributed by atoms with Gasteiger partial charge in [0.1, 0.15) is 0 Å². The molecule has 2 N–H and O–H groups in total. The van der Waals surface area contributed by atoms with E-state index in [9.17, 15) is 4.79 Å². The number of hydrogen-bond donors (Lipinski definition) is 1. The molecule has 0 bridgehead atoms. The lowest BCUT2D eigenvalue weighted by atomic mass is 10.2. The molecule has 0 radical (unpaired) electrons. The summed E-state index contributed by atoms with van der Waals surface area (Å²) in [5, 5.41) is 0. The standard InChI is InChI=1S/C11H23N3O/c1-10(12)4-3-5-13-6-8-14(9-7-13)11(2)15/h10H,3-9,12H2,1-2H3. The molecule has 0 aromatic heterocycles. The van der Waals surface area contributed by atoms with Crippen molar-refractivity contribution in [2.24, 2.45) is 5.73 Å². The smallest absolute Gasteiger partial charge is 0.219 e. The van der Waals surface area contributed by atoms with Gasteiger partial charge in [0.05, 0.1) is 0 Å². The summed E-state index contributed by atoms with van der Waals surface area (Å²) in [5.41, 5.74) is 5.70. The van der Waals surface area contributed by atoms with Crippen LogP contribution in [0.3, 0.4) is 0 Å². The lowest BCUT2D eigenvalue weighted by molar-refractivity contribution is -0.130. The van der Waals surface area contributed by atoms with Gasteiger partial charge < -0.3 is 10.6 Å². The Morgan fingerprint density at radius 1 is 1.33 bits per heavy atom. The second kappa shape index (κ2) is 6.08. The first kappa shape index (κ1) is 12.5. The maximum Gasteiger partial charge on any atom is 0.219 e. The molecule has 1 rings (SSSR count). The Hall–Kier alpha value is -0.610. The van der Waals surface area contributed by atoms with E-state index in [0.717, 1.165) is 45.6 Å². The van der Waals surface area contributed by atoms with E-state index in [-0.39, 0.29) is 5.91 Å². The Balaban J connectivity index is 2.12. The summed E-state index contributed by atoms with van der Waals surface area (Å²) in [7, 11) is 0. The highest BCUT2D eigenvalue weighted by atomic mass is 16.2. The van der Waals surface area contributed by atoms with Crippen LogP contribution in [0.1, 0.15) is 26.7 Å². The Morgan fingerprint density at radius 2 is 1.93 bits per heavy atom. The molecule has 1 heterocycles. The minimum atomic E-state index is 0.199. The second-order valence-corrected chi connectivity index (χ2v) is 4.47. The van der Waals surface area contributed by atoms with Gasteiger partial charge in [-0.2, -0.15) is 0 Å². The highest BCUT2D eigenvalue weighted by Crippen LogP contribution is 2.04. The number of amides is 1. The number of nitrogens with zero attached hydrogens (tertiary/aromatic N) is 2. The van der Waals surface area contributed by atoms with E-state index in [0.29, 0.717) is 6.04 Å². The van der Waals surface area contributed by atoms with Gasteiger partial charge in [-0.1, -0.05) is 0 Å². The molecular weight excluding hydrogens is 190 g/mol. The minimum Gasteiger partial charge on any atom is -0.340 e. The fourth-order valence-electron chi connectivity index (χ4n) is 1.92. The first-order chi connectivity index (χ1) is 7.09. The summed E-state index contributed by atoms with van der Waals surface area (Å²) >= 11 is 0. The molecule has 1 atom stereocenters. The van der Waals surface area contributed by atoms with Gasteiger partial charge in [-0.3, -0.25) is 9.69 Å². The van der Waals surface area contributed by atoms with Crippen LogP contribution < -0.4 is 5.73 Å². The van der Waals surface area contributed by atoms with Crippen molar-refractivity contribution >= 4 is 5.91 Å². The zero-order valence-electron chi connectivity index (χ0n) is 9.91. The average Bonchev–Trinajstić information content (AvgIpc) is 2.18. The van der Waals surface area contributed by atoms with Crippen LogP contribution in [0, 0.1) is 0 Å². The van der Waals surface area contributed by atoms with Crippen LogP contribution in [-0.2, 0) is 4.79 Å². The van der Waals surface area contributed by atoms with Crippen molar-refractivity contribution in [3.63, 3.8) is 0 Å².